The van der Waals surface area contributed by atoms with E-state index in [1.807, 2.05) is 0 Å². The van der Waals surface area contributed by atoms with Gasteiger partial charge in [-0.15, -0.1) is 0 Å². The molecule has 0 saturated carbocycles. The summed E-state index contributed by atoms with van der Waals surface area (Å²) in [5.74, 6) is -37.1. The van der Waals surface area contributed by atoms with E-state index in [4.69, 9.17) is 5.11 Å². The molecule has 0 aliphatic rings. The zero-order valence-corrected chi connectivity index (χ0v) is 12.8. The second-order valence-electron chi connectivity index (χ2n) is 5.62. The summed E-state index contributed by atoms with van der Waals surface area (Å²) >= 11 is 0. The highest BCUT2D eigenvalue weighted by atomic mass is 19.4. The lowest BCUT2D eigenvalue weighted by Gasteiger charge is -2.40. The molecule has 1 N–H and O–H groups in total. The van der Waals surface area contributed by atoms with E-state index in [2.05, 4.69) is 0 Å². The van der Waals surface area contributed by atoms with Crippen LogP contribution in [0.2, 0.25) is 0 Å². The van der Waals surface area contributed by atoms with Crippen molar-refractivity contribution >= 4 is 0 Å². The van der Waals surface area contributed by atoms with E-state index in [1.54, 1.807) is 0 Å². The van der Waals surface area contributed by atoms with Crippen LogP contribution in [0, 0.1) is 0 Å². The topological polar surface area (TPSA) is 23.5 Å². The third-order valence-electron chi connectivity index (χ3n) is 3.07. The molecule has 0 fully saturated rings. The molecule has 0 radical (unpaired) electrons. The van der Waals surface area contributed by atoms with Crippen molar-refractivity contribution in [1.29, 1.82) is 0 Å². The average Bonchev–Trinajstić information content (AvgIpc) is 2.34. The molecule has 0 bridgehead atoms. The quantitative estimate of drug-likeness (QED) is 0.599. The Kier molecular flexibility index (Phi) is 6.61. The van der Waals surface area contributed by atoms with E-state index in [0.29, 0.717) is 0 Å². The molecule has 0 heterocycles. The van der Waals surface area contributed by atoms with Gasteiger partial charge in [-0.2, -0.15) is 57.1 Å². The lowest BCUT2D eigenvalue weighted by molar-refractivity contribution is -0.440. The lowest BCUT2D eigenvalue weighted by Crippen LogP contribution is -2.70. The van der Waals surface area contributed by atoms with Crippen molar-refractivity contribution in [2.75, 3.05) is 20.6 Å². The zero-order chi connectivity index (χ0) is 21.6. The van der Waals surface area contributed by atoms with Gasteiger partial charge in [-0.1, -0.05) is 0 Å². The number of aliphatic hydroxyl groups excluding tert-OH is 1. The van der Waals surface area contributed by atoms with Crippen LogP contribution >= 0.6 is 0 Å². The van der Waals surface area contributed by atoms with Gasteiger partial charge in [0.2, 0.25) is 0 Å². The van der Waals surface area contributed by atoms with Crippen LogP contribution < -0.4 is 0 Å². The van der Waals surface area contributed by atoms with Gasteiger partial charge in [-0.3, -0.25) is 0 Å². The summed E-state index contributed by atoms with van der Waals surface area (Å²) in [6.07, 6.45) is -12.6. The minimum atomic E-state index is -7.92. The van der Waals surface area contributed by atoms with Gasteiger partial charge in [0.25, 0.3) is 0 Å². The van der Waals surface area contributed by atoms with Crippen molar-refractivity contribution in [3.05, 3.63) is 0 Å². The molecule has 0 aromatic rings. The summed E-state index contributed by atoms with van der Waals surface area (Å²) in [4.78, 5) is 0.892. The highest BCUT2D eigenvalue weighted by Crippen LogP contribution is 2.60. The molecule has 158 valence electrons. The van der Waals surface area contributed by atoms with Gasteiger partial charge in [-0.05, 0) is 14.1 Å². The van der Waals surface area contributed by atoms with E-state index < -0.39 is 54.9 Å². The number of likely N-dealkylation sites (N-methyl/N-ethyl adjacent to an activating group) is 1. The van der Waals surface area contributed by atoms with Gasteiger partial charge < -0.3 is 10.0 Å². The second kappa shape index (κ2) is 6.87. The van der Waals surface area contributed by atoms with Crippen LogP contribution in [0.4, 0.5) is 57.1 Å². The third-order valence-corrected chi connectivity index (χ3v) is 3.07. The largest absolute Gasteiger partial charge is 0.460 e. The molecule has 0 aromatic carbocycles. The molecule has 26 heavy (non-hydrogen) atoms. The van der Waals surface area contributed by atoms with Gasteiger partial charge in [0, 0.05) is 13.0 Å². The number of hydrogen-bond donors (Lipinski definition) is 1. The normalized spacial score (nSPS) is 17.0. The van der Waals surface area contributed by atoms with E-state index >= 15 is 0 Å². The Morgan fingerprint density at radius 3 is 1.31 bits per heavy atom. The van der Waals surface area contributed by atoms with Crippen molar-refractivity contribution in [2.24, 2.45) is 0 Å². The minimum Gasteiger partial charge on any atom is -0.392 e. The monoisotopic (exact) mass is 421 g/mol. The third kappa shape index (κ3) is 3.97. The molecular weight excluding hydrogens is 409 g/mol. The number of aliphatic hydroxyl groups is 1. The average molecular weight is 421 g/mol. The van der Waals surface area contributed by atoms with Crippen LogP contribution in [-0.2, 0) is 0 Å². The molecule has 0 saturated heterocycles. The molecule has 2 nitrogen and oxygen atoms in total. The predicted molar refractivity (Wildman–Crippen MR) is 60.0 cm³/mol. The van der Waals surface area contributed by atoms with Crippen LogP contribution in [0.15, 0.2) is 0 Å². The molecule has 0 aliphatic carbocycles. The number of rotatable bonds is 8. The molecule has 0 aromatic heterocycles. The van der Waals surface area contributed by atoms with Crippen LogP contribution in [0.5, 0.6) is 0 Å². The maximum atomic E-state index is 13.3. The van der Waals surface area contributed by atoms with E-state index in [9.17, 15) is 57.1 Å². The van der Waals surface area contributed by atoms with E-state index in [1.165, 1.54) is 0 Å². The van der Waals surface area contributed by atoms with Crippen LogP contribution in [0.25, 0.3) is 0 Å². The molecule has 1 atom stereocenters. The standard InChI is InChI=1S/C11H12F13NO/c1-25(2)4-5(26)3-6(12,13)7(14,15)8(16,17)9(18,19)10(20,21)11(22,23)24/h5,26H,3-4H2,1-2H3. The highest BCUT2D eigenvalue weighted by molar-refractivity contribution is 5.10. The summed E-state index contributed by atoms with van der Waals surface area (Å²) < 4.78 is 166. The van der Waals surface area contributed by atoms with Gasteiger partial charge >= 0.3 is 35.8 Å². The number of halogens is 13. The number of hydrogen-bond acceptors (Lipinski definition) is 2. The first kappa shape index (κ1) is 25.0. The van der Waals surface area contributed by atoms with Crippen molar-refractivity contribution in [3.8, 4) is 0 Å². The predicted octanol–water partition coefficient (Wildman–Crippen LogP) is 4.04. The van der Waals surface area contributed by atoms with Gasteiger partial charge in [-0.25, -0.2) is 0 Å². The zero-order valence-electron chi connectivity index (χ0n) is 12.8. The van der Waals surface area contributed by atoms with Crippen molar-refractivity contribution in [2.45, 2.75) is 48.3 Å². The Morgan fingerprint density at radius 1 is 0.654 bits per heavy atom. The SMILES string of the molecule is CN(C)CC(O)CC(F)(F)C(F)(F)C(F)(F)C(F)(F)C(F)(F)C(F)(F)F. The van der Waals surface area contributed by atoms with Crippen molar-refractivity contribution < 1.29 is 62.2 Å². The second-order valence-corrected chi connectivity index (χ2v) is 5.62. The Morgan fingerprint density at radius 2 is 1.00 bits per heavy atom. The summed E-state index contributed by atoms with van der Waals surface area (Å²) in [6, 6.07) is 0. The number of alkyl halides is 13. The van der Waals surface area contributed by atoms with Crippen molar-refractivity contribution in [1.82, 2.24) is 4.90 Å². The lowest BCUT2D eigenvalue weighted by atomic mass is 9.91. The summed E-state index contributed by atoms with van der Waals surface area (Å²) in [6.45, 7) is -0.855. The Balaban J connectivity index is 6.00. The Hall–Kier alpha value is -0.990. The molecule has 0 rings (SSSR count). The van der Waals surface area contributed by atoms with Crippen LogP contribution in [0.3, 0.4) is 0 Å². The van der Waals surface area contributed by atoms with Gasteiger partial charge in [0.05, 0.1) is 6.10 Å². The summed E-state index contributed by atoms with van der Waals surface area (Å²) in [7, 11) is 2.21. The Bertz CT molecular complexity index is 485. The number of nitrogens with zero attached hydrogens (tertiary/aromatic N) is 1. The van der Waals surface area contributed by atoms with Crippen LogP contribution in [0.1, 0.15) is 6.42 Å². The first-order valence-corrected chi connectivity index (χ1v) is 6.35. The highest BCUT2D eigenvalue weighted by Gasteiger charge is 2.90. The smallest absolute Gasteiger partial charge is 0.392 e. The fraction of sp³-hybridized carbons (Fsp3) is 1.00. The van der Waals surface area contributed by atoms with E-state index in [0.717, 1.165) is 19.0 Å². The Labute approximate surface area is 137 Å². The first-order chi connectivity index (χ1) is 11.1. The fourth-order valence-electron chi connectivity index (χ4n) is 1.71. The minimum absolute atomic E-state index is 0.855. The summed E-state index contributed by atoms with van der Waals surface area (Å²) in [5, 5.41) is 9.06. The molecule has 0 aliphatic heterocycles. The maximum absolute atomic E-state index is 13.3. The molecule has 0 amide bonds. The van der Waals surface area contributed by atoms with Crippen molar-refractivity contribution in [3.63, 3.8) is 0 Å². The molecule has 1 unspecified atom stereocenters. The summed E-state index contributed by atoms with van der Waals surface area (Å²) in [5.41, 5.74) is 0. The first-order valence-electron chi connectivity index (χ1n) is 6.35. The molecular formula is C11H12F13NO. The van der Waals surface area contributed by atoms with Gasteiger partial charge in [0.1, 0.15) is 0 Å². The molecule has 0 spiro atoms. The van der Waals surface area contributed by atoms with Gasteiger partial charge in [0.15, 0.2) is 0 Å². The van der Waals surface area contributed by atoms with E-state index in [-0.39, 0.29) is 0 Å². The maximum Gasteiger partial charge on any atom is 0.460 e. The van der Waals surface area contributed by atoms with Crippen LogP contribution in [-0.4, -0.2) is 72.5 Å². The molecule has 15 heteroatoms. The fourth-order valence-corrected chi connectivity index (χ4v) is 1.71.